The minimum Gasteiger partial charge on any atom is -0.379 e. The van der Waals surface area contributed by atoms with Gasteiger partial charge in [0.15, 0.2) is 0 Å². The second-order valence-corrected chi connectivity index (χ2v) is 6.76. The molecule has 5 unspecified atom stereocenters. The van der Waals surface area contributed by atoms with Crippen LogP contribution in [0.3, 0.4) is 0 Å². The van der Waals surface area contributed by atoms with E-state index >= 15 is 0 Å². The van der Waals surface area contributed by atoms with Crippen molar-refractivity contribution in [1.82, 2.24) is 4.90 Å². The van der Waals surface area contributed by atoms with Crippen molar-refractivity contribution in [2.45, 2.75) is 46.2 Å². The Balaban J connectivity index is 2.01. The second-order valence-electron chi connectivity index (χ2n) is 6.76. The smallest absolute Gasteiger partial charge is 0.0624 e. The Morgan fingerprint density at radius 3 is 2.65 bits per heavy atom. The average molecular weight is 240 g/mol. The van der Waals surface area contributed by atoms with E-state index < -0.39 is 0 Å². The summed E-state index contributed by atoms with van der Waals surface area (Å²) < 4.78 is 5.55. The maximum atomic E-state index is 6.19. The van der Waals surface area contributed by atoms with Crippen LogP contribution in [0.15, 0.2) is 0 Å². The molecule has 0 bridgehead atoms. The van der Waals surface area contributed by atoms with Crippen LogP contribution in [0.25, 0.3) is 0 Å². The van der Waals surface area contributed by atoms with E-state index in [1.807, 2.05) is 0 Å². The van der Waals surface area contributed by atoms with Crippen molar-refractivity contribution in [1.29, 1.82) is 0 Å². The van der Waals surface area contributed by atoms with Gasteiger partial charge in [-0.15, -0.1) is 0 Å². The Kier molecular flexibility index (Phi) is 3.81. The van der Waals surface area contributed by atoms with Gasteiger partial charge in [-0.3, -0.25) is 4.90 Å². The van der Waals surface area contributed by atoms with E-state index in [9.17, 15) is 0 Å². The number of hydrogen-bond acceptors (Lipinski definition) is 3. The summed E-state index contributed by atoms with van der Waals surface area (Å²) in [5, 5.41) is 0. The third-order valence-corrected chi connectivity index (χ3v) is 4.91. The molecular weight excluding hydrogens is 212 g/mol. The molecule has 5 atom stereocenters. The molecule has 0 aromatic heterocycles. The zero-order chi connectivity index (χ0) is 12.6. The van der Waals surface area contributed by atoms with Crippen LogP contribution in [0.5, 0.6) is 0 Å². The third-order valence-electron chi connectivity index (χ3n) is 4.91. The van der Waals surface area contributed by atoms with Crippen LogP contribution in [0.1, 0.15) is 34.1 Å². The lowest BCUT2D eigenvalue weighted by molar-refractivity contribution is 0.0334. The summed E-state index contributed by atoms with van der Waals surface area (Å²) in [5.41, 5.74) is 6.34. The Labute approximate surface area is 106 Å². The number of likely N-dealkylation sites (tertiary alicyclic amines) is 1. The molecule has 0 amide bonds. The summed E-state index contributed by atoms with van der Waals surface area (Å²) in [4.78, 5) is 2.63. The van der Waals surface area contributed by atoms with E-state index in [4.69, 9.17) is 10.5 Å². The van der Waals surface area contributed by atoms with Gasteiger partial charge >= 0.3 is 0 Å². The molecule has 2 fully saturated rings. The molecule has 2 aliphatic rings. The summed E-state index contributed by atoms with van der Waals surface area (Å²) in [7, 11) is 0. The molecule has 2 heterocycles. The molecule has 3 heteroatoms. The molecule has 0 spiro atoms. The SMILES string of the molecule is CC1CC(C)C(C)N(CC2(C)COCC2N)C1. The Hall–Kier alpha value is -0.120. The first kappa shape index (κ1) is 13.3. The van der Waals surface area contributed by atoms with Crippen LogP contribution < -0.4 is 5.73 Å². The molecule has 17 heavy (non-hydrogen) atoms. The summed E-state index contributed by atoms with van der Waals surface area (Å²) in [6.45, 7) is 13.2. The molecule has 2 rings (SSSR count). The fraction of sp³-hybridized carbons (Fsp3) is 1.00. The van der Waals surface area contributed by atoms with Crippen LogP contribution in [-0.2, 0) is 4.74 Å². The van der Waals surface area contributed by atoms with Gasteiger partial charge in [-0.1, -0.05) is 20.8 Å². The van der Waals surface area contributed by atoms with E-state index in [1.165, 1.54) is 13.0 Å². The average Bonchev–Trinajstić information content (AvgIpc) is 2.55. The van der Waals surface area contributed by atoms with Crippen molar-refractivity contribution in [3.8, 4) is 0 Å². The predicted molar refractivity (Wildman–Crippen MR) is 70.9 cm³/mol. The first-order valence-electron chi connectivity index (χ1n) is 7.00. The highest BCUT2D eigenvalue weighted by Gasteiger charge is 2.41. The number of rotatable bonds is 2. The number of nitrogens with two attached hydrogens (primary N) is 1. The number of nitrogens with zero attached hydrogens (tertiary/aromatic N) is 1. The quantitative estimate of drug-likeness (QED) is 0.798. The fourth-order valence-electron chi connectivity index (χ4n) is 3.40. The summed E-state index contributed by atoms with van der Waals surface area (Å²) in [5.74, 6) is 1.60. The van der Waals surface area contributed by atoms with Gasteiger partial charge in [-0.25, -0.2) is 0 Å². The fourth-order valence-corrected chi connectivity index (χ4v) is 3.40. The lowest BCUT2D eigenvalue weighted by Crippen LogP contribution is -2.53. The zero-order valence-corrected chi connectivity index (χ0v) is 11.8. The van der Waals surface area contributed by atoms with E-state index in [-0.39, 0.29) is 11.5 Å². The highest BCUT2D eigenvalue weighted by molar-refractivity contribution is 4.95. The topological polar surface area (TPSA) is 38.5 Å². The van der Waals surface area contributed by atoms with Crippen LogP contribution in [0.4, 0.5) is 0 Å². The maximum absolute atomic E-state index is 6.19. The third kappa shape index (κ3) is 2.67. The Morgan fingerprint density at radius 1 is 1.35 bits per heavy atom. The van der Waals surface area contributed by atoms with Crippen molar-refractivity contribution >= 4 is 0 Å². The minimum absolute atomic E-state index is 0.144. The summed E-state index contributed by atoms with van der Waals surface area (Å²) >= 11 is 0. The maximum Gasteiger partial charge on any atom is 0.0624 e. The van der Waals surface area contributed by atoms with Gasteiger partial charge in [0, 0.05) is 30.6 Å². The van der Waals surface area contributed by atoms with Crippen LogP contribution in [-0.4, -0.2) is 43.3 Å². The predicted octanol–water partition coefficient (Wildman–Crippen LogP) is 1.72. The first-order valence-corrected chi connectivity index (χ1v) is 7.00. The van der Waals surface area contributed by atoms with Crippen molar-refractivity contribution in [2.75, 3.05) is 26.3 Å². The van der Waals surface area contributed by atoms with Gasteiger partial charge < -0.3 is 10.5 Å². The molecule has 0 saturated carbocycles. The molecule has 2 saturated heterocycles. The molecule has 2 aliphatic heterocycles. The molecule has 3 nitrogen and oxygen atoms in total. The lowest BCUT2D eigenvalue weighted by atomic mass is 9.81. The highest BCUT2D eigenvalue weighted by atomic mass is 16.5. The molecule has 0 radical (unpaired) electrons. The van der Waals surface area contributed by atoms with Crippen LogP contribution in [0, 0.1) is 17.3 Å². The lowest BCUT2D eigenvalue weighted by Gasteiger charge is -2.45. The van der Waals surface area contributed by atoms with Gasteiger partial charge in [-0.2, -0.15) is 0 Å². The normalized spacial score (nSPS) is 48.5. The van der Waals surface area contributed by atoms with Crippen molar-refractivity contribution < 1.29 is 4.74 Å². The molecular formula is C14H28N2O. The van der Waals surface area contributed by atoms with E-state index in [0.29, 0.717) is 6.04 Å². The van der Waals surface area contributed by atoms with Gasteiger partial charge in [0.2, 0.25) is 0 Å². The Morgan fingerprint density at radius 2 is 2.06 bits per heavy atom. The molecule has 100 valence electrons. The van der Waals surface area contributed by atoms with Crippen molar-refractivity contribution in [3.63, 3.8) is 0 Å². The second kappa shape index (κ2) is 4.87. The van der Waals surface area contributed by atoms with E-state index in [0.717, 1.165) is 31.6 Å². The summed E-state index contributed by atoms with van der Waals surface area (Å²) in [6, 6.07) is 0.873. The molecule has 2 N–H and O–H groups in total. The minimum atomic E-state index is 0.144. The monoisotopic (exact) mass is 240 g/mol. The number of ether oxygens (including phenoxy) is 1. The van der Waals surface area contributed by atoms with Crippen molar-refractivity contribution in [2.24, 2.45) is 23.0 Å². The zero-order valence-electron chi connectivity index (χ0n) is 11.8. The van der Waals surface area contributed by atoms with Gasteiger partial charge in [-0.05, 0) is 25.2 Å². The molecule has 0 aromatic rings. The van der Waals surface area contributed by atoms with Gasteiger partial charge in [0.1, 0.15) is 0 Å². The standard InChI is InChI=1S/C14H28N2O/c1-10-5-11(2)12(3)16(6-10)8-14(4)9-17-7-13(14)15/h10-13H,5-9,15H2,1-4H3. The van der Waals surface area contributed by atoms with Crippen LogP contribution in [0.2, 0.25) is 0 Å². The first-order chi connectivity index (χ1) is 7.92. The Bertz CT molecular complexity index is 271. The van der Waals surface area contributed by atoms with Gasteiger partial charge in [0.05, 0.1) is 13.2 Å². The van der Waals surface area contributed by atoms with Crippen molar-refractivity contribution in [3.05, 3.63) is 0 Å². The van der Waals surface area contributed by atoms with E-state index in [1.54, 1.807) is 0 Å². The van der Waals surface area contributed by atoms with Crippen LogP contribution >= 0.6 is 0 Å². The molecule has 0 aliphatic carbocycles. The summed E-state index contributed by atoms with van der Waals surface area (Å²) in [6.07, 6.45) is 1.36. The van der Waals surface area contributed by atoms with Gasteiger partial charge in [0.25, 0.3) is 0 Å². The number of piperidine rings is 1. The molecule has 0 aromatic carbocycles. The highest BCUT2D eigenvalue weighted by Crippen LogP contribution is 2.33. The largest absolute Gasteiger partial charge is 0.379 e. The van der Waals surface area contributed by atoms with E-state index in [2.05, 4.69) is 32.6 Å². The number of hydrogen-bond donors (Lipinski definition) is 1.